The van der Waals surface area contributed by atoms with Crippen LogP contribution in [0.3, 0.4) is 0 Å². The molecule has 4 aromatic rings. The first kappa shape index (κ1) is 19.9. The first-order valence-electron chi connectivity index (χ1n) is 10.5. The molecule has 0 atom stereocenters. The highest BCUT2D eigenvalue weighted by atomic mass is 19.1. The zero-order chi connectivity index (χ0) is 22.4. The molecule has 6 nitrogen and oxygen atoms in total. The van der Waals surface area contributed by atoms with Gasteiger partial charge in [0.05, 0.1) is 17.5 Å². The van der Waals surface area contributed by atoms with Gasteiger partial charge in [0.25, 0.3) is 0 Å². The molecule has 1 aliphatic rings. The third kappa shape index (κ3) is 3.13. The lowest BCUT2D eigenvalue weighted by molar-refractivity contribution is 0.634. The first-order valence-corrected chi connectivity index (χ1v) is 10.5. The van der Waals surface area contributed by atoms with Crippen molar-refractivity contribution in [2.75, 3.05) is 17.2 Å². The van der Waals surface area contributed by atoms with Gasteiger partial charge in [-0.05, 0) is 54.7 Å². The number of nitrogens with zero attached hydrogens (tertiary/aromatic N) is 3. The second-order valence-electron chi connectivity index (χ2n) is 8.07. The number of anilines is 3. The third-order valence-electron chi connectivity index (χ3n) is 6.05. The van der Waals surface area contributed by atoms with Gasteiger partial charge >= 0.3 is 0 Å². The fourth-order valence-corrected chi connectivity index (χ4v) is 4.47. The van der Waals surface area contributed by atoms with Crippen LogP contribution in [0.2, 0.25) is 0 Å². The van der Waals surface area contributed by atoms with Crippen LogP contribution in [0.4, 0.5) is 21.6 Å². The number of hydrogen-bond acceptors (Lipinski definition) is 5. The molecular weight excluding hydrogens is 403 g/mol. The minimum absolute atomic E-state index is 0.0228. The summed E-state index contributed by atoms with van der Waals surface area (Å²) >= 11 is 0. The average molecular weight is 426 g/mol. The number of rotatable bonds is 3. The van der Waals surface area contributed by atoms with E-state index in [4.69, 9.17) is 16.6 Å². The number of nitrogen functional groups attached to an aromatic ring is 1. The van der Waals surface area contributed by atoms with Gasteiger partial charge in [0, 0.05) is 17.6 Å². The number of nitrogens with one attached hydrogen (secondary N) is 2. The number of aryl methyl sites for hydroxylation is 1. The van der Waals surface area contributed by atoms with Crippen molar-refractivity contribution < 1.29 is 4.39 Å². The number of halogens is 1. The Hall–Kier alpha value is -4.00. The van der Waals surface area contributed by atoms with Gasteiger partial charge in [0.15, 0.2) is 0 Å². The fourth-order valence-electron chi connectivity index (χ4n) is 4.47. The predicted molar refractivity (Wildman–Crippen MR) is 126 cm³/mol. The summed E-state index contributed by atoms with van der Waals surface area (Å²) in [5, 5.41) is 16.6. The number of nitrogens with two attached hydrogens (primary N) is 1. The summed E-state index contributed by atoms with van der Waals surface area (Å²) in [7, 11) is 0. The van der Waals surface area contributed by atoms with Crippen molar-refractivity contribution in [1.29, 1.82) is 10.8 Å². The fraction of sp³-hybridized carbons (Fsp3) is 0.160. The van der Waals surface area contributed by atoms with E-state index in [2.05, 4.69) is 53.2 Å². The third-order valence-corrected chi connectivity index (χ3v) is 6.05. The van der Waals surface area contributed by atoms with Crippen LogP contribution >= 0.6 is 0 Å². The minimum atomic E-state index is -0.541. The average Bonchev–Trinajstić information content (AvgIpc) is 2.80. The Morgan fingerprint density at radius 1 is 1.12 bits per heavy atom. The topological polar surface area (TPSA) is 94.8 Å². The lowest BCUT2D eigenvalue weighted by atomic mass is 9.91. The SMILES string of the molecule is Cc1ccc(-c2cccc3c2CCCN3c2nc(=N)n(C=N)c3cc(N)c(F)cc23)cc1. The summed E-state index contributed by atoms with van der Waals surface area (Å²) in [4.78, 5) is 6.53. The summed E-state index contributed by atoms with van der Waals surface area (Å²) in [5.74, 6) is -0.0375. The Morgan fingerprint density at radius 3 is 2.66 bits per heavy atom. The van der Waals surface area contributed by atoms with Crippen molar-refractivity contribution in [1.82, 2.24) is 9.55 Å². The smallest absolute Gasteiger partial charge is 0.229 e. The molecule has 5 rings (SSSR count). The van der Waals surface area contributed by atoms with Gasteiger partial charge in [0.1, 0.15) is 11.6 Å². The van der Waals surface area contributed by atoms with Gasteiger partial charge in [-0.25, -0.2) is 4.39 Å². The maximum Gasteiger partial charge on any atom is 0.229 e. The number of aromatic nitrogens is 2. The molecule has 4 N–H and O–H groups in total. The van der Waals surface area contributed by atoms with E-state index in [-0.39, 0.29) is 11.3 Å². The molecule has 7 heteroatoms. The van der Waals surface area contributed by atoms with Crippen molar-refractivity contribution in [3.05, 3.63) is 77.2 Å². The summed E-state index contributed by atoms with van der Waals surface area (Å²) < 4.78 is 15.8. The summed E-state index contributed by atoms with van der Waals surface area (Å²) in [6.45, 7) is 2.77. The van der Waals surface area contributed by atoms with Crippen molar-refractivity contribution in [2.24, 2.45) is 0 Å². The van der Waals surface area contributed by atoms with E-state index in [0.29, 0.717) is 23.3 Å². The summed E-state index contributed by atoms with van der Waals surface area (Å²) in [6, 6.07) is 17.5. The lowest BCUT2D eigenvalue weighted by Crippen LogP contribution is -2.31. The molecule has 3 aromatic carbocycles. The second-order valence-corrected chi connectivity index (χ2v) is 8.07. The molecule has 0 aliphatic carbocycles. The molecule has 0 spiro atoms. The zero-order valence-corrected chi connectivity index (χ0v) is 17.7. The van der Waals surface area contributed by atoms with E-state index in [1.807, 2.05) is 6.07 Å². The van der Waals surface area contributed by atoms with Crippen LogP contribution in [0.25, 0.3) is 22.0 Å². The Morgan fingerprint density at radius 2 is 1.91 bits per heavy atom. The van der Waals surface area contributed by atoms with Crippen molar-refractivity contribution in [3.8, 4) is 11.1 Å². The molecule has 2 heterocycles. The van der Waals surface area contributed by atoms with Gasteiger partial charge in [-0.3, -0.25) is 15.4 Å². The Kier molecular flexibility index (Phi) is 4.74. The maximum atomic E-state index is 14.5. The molecule has 160 valence electrons. The van der Waals surface area contributed by atoms with Crippen LogP contribution in [0, 0.1) is 23.6 Å². The quantitative estimate of drug-likeness (QED) is 0.251. The maximum absolute atomic E-state index is 14.5. The van der Waals surface area contributed by atoms with Gasteiger partial charge in [-0.15, -0.1) is 0 Å². The van der Waals surface area contributed by atoms with E-state index >= 15 is 0 Å². The molecule has 0 saturated carbocycles. The predicted octanol–water partition coefficient (Wildman–Crippen LogP) is 4.75. The van der Waals surface area contributed by atoms with E-state index in [9.17, 15) is 4.39 Å². The Labute approximate surface area is 184 Å². The first-order chi connectivity index (χ1) is 15.5. The molecule has 0 bridgehead atoms. The number of hydrogen-bond donors (Lipinski definition) is 3. The molecule has 0 radical (unpaired) electrons. The van der Waals surface area contributed by atoms with Crippen LogP contribution < -0.4 is 16.3 Å². The molecule has 1 aromatic heterocycles. The molecule has 0 saturated heterocycles. The number of fused-ring (bicyclic) bond motifs is 2. The highest BCUT2D eigenvalue weighted by Crippen LogP contribution is 2.40. The monoisotopic (exact) mass is 426 g/mol. The van der Waals surface area contributed by atoms with Crippen molar-refractivity contribution in [2.45, 2.75) is 19.8 Å². The second kappa shape index (κ2) is 7.60. The number of benzene rings is 3. The van der Waals surface area contributed by atoms with Gasteiger partial charge in [-0.1, -0.05) is 42.0 Å². The van der Waals surface area contributed by atoms with E-state index in [1.165, 1.54) is 33.4 Å². The molecule has 0 fully saturated rings. The standard InChI is InChI=1S/C25H23FN6/c1-15-7-9-16(10-8-15)17-4-2-6-22-18(17)5-3-11-31(22)24-19-12-20(26)21(28)13-23(19)32(14-27)25(29)30-24/h2,4,6-10,12-14,27,29H,3,5,11,28H2,1H3. The van der Waals surface area contributed by atoms with E-state index in [0.717, 1.165) is 30.4 Å². The van der Waals surface area contributed by atoms with E-state index in [1.54, 1.807) is 0 Å². The van der Waals surface area contributed by atoms with Gasteiger partial charge in [0.2, 0.25) is 5.62 Å². The van der Waals surface area contributed by atoms with Crippen molar-refractivity contribution >= 4 is 34.4 Å². The zero-order valence-electron chi connectivity index (χ0n) is 17.7. The molecule has 1 aliphatic heterocycles. The normalized spacial score (nSPS) is 13.2. The highest BCUT2D eigenvalue weighted by molar-refractivity contribution is 5.96. The molecule has 32 heavy (non-hydrogen) atoms. The summed E-state index contributed by atoms with van der Waals surface area (Å²) in [6.07, 6.45) is 2.83. The van der Waals surface area contributed by atoms with Gasteiger partial charge < -0.3 is 10.6 Å². The van der Waals surface area contributed by atoms with Crippen LogP contribution in [-0.4, -0.2) is 22.4 Å². The summed E-state index contributed by atoms with van der Waals surface area (Å²) in [5.41, 5.74) is 11.9. The largest absolute Gasteiger partial charge is 0.396 e. The Bertz CT molecular complexity index is 1420. The molecular formula is C25H23FN6. The Balaban J connectivity index is 1.75. The highest BCUT2D eigenvalue weighted by Gasteiger charge is 2.25. The van der Waals surface area contributed by atoms with Crippen LogP contribution in [-0.2, 0) is 6.42 Å². The van der Waals surface area contributed by atoms with Crippen LogP contribution in [0.1, 0.15) is 17.5 Å². The van der Waals surface area contributed by atoms with Crippen LogP contribution in [0.5, 0.6) is 0 Å². The lowest BCUT2D eigenvalue weighted by Gasteiger charge is -2.32. The minimum Gasteiger partial charge on any atom is -0.396 e. The van der Waals surface area contributed by atoms with Crippen molar-refractivity contribution in [3.63, 3.8) is 0 Å². The van der Waals surface area contributed by atoms with E-state index < -0.39 is 5.82 Å². The van der Waals surface area contributed by atoms with Crippen LogP contribution in [0.15, 0.2) is 54.6 Å². The van der Waals surface area contributed by atoms with Gasteiger partial charge in [-0.2, -0.15) is 4.98 Å². The molecule has 0 amide bonds. The molecule has 0 unspecified atom stereocenters.